The maximum atomic E-state index is 10.9. The van der Waals surface area contributed by atoms with E-state index in [1.54, 1.807) is 0 Å². The quantitative estimate of drug-likeness (QED) is 0.468. The highest BCUT2D eigenvalue weighted by Gasteiger charge is 2.12. The Hall–Kier alpha value is -1.30. The van der Waals surface area contributed by atoms with Crippen molar-refractivity contribution in [1.82, 2.24) is 5.48 Å². The monoisotopic (exact) mass is 230 g/mol. The van der Waals surface area contributed by atoms with Crippen molar-refractivity contribution >= 4 is 23.2 Å². The summed E-state index contributed by atoms with van der Waals surface area (Å²) in [5.74, 6) is -0.424. The van der Waals surface area contributed by atoms with E-state index < -0.39 is 0 Å². The maximum absolute atomic E-state index is 10.9. The van der Waals surface area contributed by atoms with Crippen LogP contribution in [0.5, 0.6) is 5.75 Å². The lowest BCUT2D eigenvalue weighted by Crippen LogP contribution is -2.13. The van der Waals surface area contributed by atoms with Crippen LogP contribution in [0.1, 0.15) is 12.5 Å². The number of hydrogen-bond acceptors (Lipinski definition) is 4. The van der Waals surface area contributed by atoms with Crippen molar-refractivity contribution in [2.24, 2.45) is 0 Å². The average Bonchev–Trinajstić information content (AvgIpc) is 2.17. The smallest absolute Gasteiger partial charge is 0.221 e. The number of phenolic OH excluding ortho intramolecular Hbond substituents is 1. The zero-order valence-corrected chi connectivity index (χ0v) is 8.80. The van der Waals surface area contributed by atoms with Crippen molar-refractivity contribution in [1.29, 1.82) is 0 Å². The van der Waals surface area contributed by atoms with Gasteiger partial charge in [0.25, 0.3) is 0 Å². The van der Waals surface area contributed by atoms with Crippen LogP contribution in [0, 0.1) is 0 Å². The molecule has 5 nitrogen and oxygen atoms in total. The van der Waals surface area contributed by atoms with Gasteiger partial charge in [-0.2, -0.15) is 0 Å². The number of aromatic hydroxyl groups is 1. The highest BCUT2D eigenvalue weighted by atomic mass is 35.5. The van der Waals surface area contributed by atoms with Gasteiger partial charge in [-0.15, -0.1) is 0 Å². The summed E-state index contributed by atoms with van der Waals surface area (Å²) in [7, 11) is 0. The Labute approximate surface area is 91.6 Å². The van der Waals surface area contributed by atoms with Gasteiger partial charge in [-0.25, -0.2) is 5.48 Å². The van der Waals surface area contributed by atoms with E-state index in [4.69, 9.17) is 16.8 Å². The molecule has 4 N–H and O–H groups in total. The van der Waals surface area contributed by atoms with Crippen LogP contribution in [0.25, 0.3) is 0 Å². The minimum absolute atomic E-state index is 0.0306. The summed E-state index contributed by atoms with van der Waals surface area (Å²) < 4.78 is 0. The number of carbonyl (C=O) groups is 1. The Morgan fingerprint density at radius 1 is 1.53 bits per heavy atom. The SMILES string of the molecule is CC(=O)Nc1c(O)ccc(Cl)c1CNO. The summed E-state index contributed by atoms with van der Waals surface area (Å²) in [6.45, 7) is 1.35. The largest absolute Gasteiger partial charge is 0.506 e. The van der Waals surface area contributed by atoms with Gasteiger partial charge in [-0.3, -0.25) is 4.79 Å². The van der Waals surface area contributed by atoms with Crippen molar-refractivity contribution in [2.75, 3.05) is 5.32 Å². The van der Waals surface area contributed by atoms with Crippen molar-refractivity contribution in [3.63, 3.8) is 0 Å². The van der Waals surface area contributed by atoms with E-state index in [0.29, 0.717) is 10.6 Å². The fraction of sp³-hybridized carbons (Fsp3) is 0.222. The molecule has 0 radical (unpaired) electrons. The van der Waals surface area contributed by atoms with Crippen LogP contribution in [0.4, 0.5) is 5.69 Å². The van der Waals surface area contributed by atoms with Crippen LogP contribution >= 0.6 is 11.6 Å². The molecule has 0 heterocycles. The third kappa shape index (κ3) is 2.82. The lowest BCUT2D eigenvalue weighted by atomic mass is 10.1. The van der Waals surface area contributed by atoms with Crippen LogP contribution < -0.4 is 10.8 Å². The molecule has 0 saturated carbocycles. The molecule has 1 aromatic rings. The van der Waals surface area contributed by atoms with Crippen LogP contribution in [0.15, 0.2) is 12.1 Å². The second-order valence-corrected chi connectivity index (χ2v) is 3.34. The topological polar surface area (TPSA) is 81.6 Å². The van der Waals surface area contributed by atoms with E-state index in [1.165, 1.54) is 19.1 Å². The van der Waals surface area contributed by atoms with E-state index in [-0.39, 0.29) is 23.9 Å². The van der Waals surface area contributed by atoms with E-state index >= 15 is 0 Å². The Morgan fingerprint density at radius 2 is 2.20 bits per heavy atom. The number of hydrogen-bond donors (Lipinski definition) is 4. The Balaban J connectivity index is 3.18. The number of rotatable bonds is 3. The molecule has 6 heteroatoms. The zero-order valence-electron chi connectivity index (χ0n) is 8.04. The van der Waals surface area contributed by atoms with Crippen LogP contribution in [-0.4, -0.2) is 16.2 Å². The Kier molecular flexibility index (Phi) is 3.90. The molecule has 0 bridgehead atoms. The first-order chi connectivity index (χ1) is 7.06. The lowest BCUT2D eigenvalue weighted by Gasteiger charge is -2.12. The van der Waals surface area contributed by atoms with Gasteiger partial charge < -0.3 is 15.6 Å². The number of benzene rings is 1. The van der Waals surface area contributed by atoms with Crippen LogP contribution in [-0.2, 0) is 11.3 Å². The Bertz CT molecular complexity index is 382. The summed E-state index contributed by atoms with van der Waals surface area (Å²) >= 11 is 5.85. The van der Waals surface area contributed by atoms with Crippen molar-refractivity contribution in [3.05, 3.63) is 22.7 Å². The average molecular weight is 231 g/mol. The fourth-order valence-electron chi connectivity index (χ4n) is 1.18. The highest BCUT2D eigenvalue weighted by molar-refractivity contribution is 6.32. The Morgan fingerprint density at radius 3 is 2.73 bits per heavy atom. The molecule has 0 spiro atoms. The van der Waals surface area contributed by atoms with E-state index in [0.717, 1.165) is 0 Å². The minimum atomic E-state index is -0.327. The van der Waals surface area contributed by atoms with E-state index in [2.05, 4.69) is 5.32 Å². The molecule has 1 amide bonds. The van der Waals surface area contributed by atoms with Gasteiger partial charge in [0, 0.05) is 24.1 Å². The van der Waals surface area contributed by atoms with Gasteiger partial charge in [-0.05, 0) is 12.1 Å². The molecule has 0 aliphatic heterocycles. The summed E-state index contributed by atoms with van der Waals surface area (Å²) in [4.78, 5) is 10.9. The molecule has 82 valence electrons. The predicted molar refractivity (Wildman–Crippen MR) is 56.0 cm³/mol. The molecule has 0 aliphatic rings. The van der Waals surface area contributed by atoms with Gasteiger partial charge in [0.2, 0.25) is 5.91 Å². The van der Waals surface area contributed by atoms with Crippen molar-refractivity contribution < 1.29 is 15.1 Å². The van der Waals surface area contributed by atoms with Gasteiger partial charge in [0.15, 0.2) is 0 Å². The molecular weight excluding hydrogens is 220 g/mol. The predicted octanol–water partition coefficient (Wildman–Crippen LogP) is 1.48. The second-order valence-electron chi connectivity index (χ2n) is 2.94. The maximum Gasteiger partial charge on any atom is 0.221 e. The third-order valence-electron chi connectivity index (χ3n) is 1.79. The highest BCUT2D eigenvalue weighted by Crippen LogP contribution is 2.32. The first-order valence-corrected chi connectivity index (χ1v) is 4.59. The zero-order chi connectivity index (χ0) is 11.4. The first kappa shape index (κ1) is 11.8. The molecule has 1 rings (SSSR count). The number of carbonyl (C=O) groups excluding carboxylic acids is 1. The normalized spacial score (nSPS) is 10.1. The first-order valence-electron chi connectivity index (χ1n) is 4.21. The minimum Gasteiger partial charge on any atom is -0.506 e. The molecule has 0 atom stereocenters. The number of amides is 1. The van der Waals surface area contributed by atoms with Gasteiger partial charge in [-0.1, -0.05) is 11.6 Å². The molecule has 0 unspecified atom stereocenters. The van der Waals surface area contributed by atoms with Crippen LogP contribution in [0.2, 0.25) is 5.02 Å². The number of anilines is 1. The lowest BCUT2D eigenvalue weighted by molar-refractivity contribution is -0.114. The number of nitrogens with one attached hydrogen (secondary N) is 2. The molecular formula is C9H11ClN2O3. The number of phenols is 1. The summed E-state index contributed by atoms with van der Waals surface area (Å²) in [5.41, 5.74) is 2.55. The second kappa shape index (κ2) is 4.97. The number of halogens is 1. The summed E-state index contributed by atoms with van der Waals surface area (Å²) in [5, 5.41) is 20.9. The molecule has 1 aromatic carbocycles. The molecule has 0 fully saturated rings. The van der Waals surface area contributed by atoms with Gasteiger partial charge >= 0.3 is 0 Å². The summed E-state index contributed by atoms with van der Waals surface area (Å²) in [6, 6.07) is 2.85. The standard InChI is InChI=1S/C9H11ClN2O3/c1-5(13)12-9-6(4-11-15)7(10)2-3-8(9)14/h2-3,11,14-15H,4H2,1H3,(H,12,13). The molecule has 15 heavy (non-hydrogen) atoms. The third-order valence-corrected chi connectivity index (χ3v) is 2.14. The van der Waals surface area contributed by atoms with Crippen LogP contribution in [0.3, 0.4) is 0 Å². The molecule has 0 aliphatic carbocycles. The van der Waals surface area contributed by atoms with Crippen molar-refractivity contribution in [2.45, 2.75) is 13.5 Å². The molecule has 0 saturated heterocycles. The van der Waals surface area contributed by atoms with E-state index in [1.807, 2.05) is 5.48 Å². The number of hydroxylamine groups is 1. The fourth-order valence-corrected chi connectivity index (χ4v) is 1.40. The molecule has 0 aromatic heterocycles. The van der Waals surface area contributed by atoms with E-state index in [9.17, 15) is 9.90 Å². The van der Waals surface area contributed by atoms with Crippen molar-refractivity contribution in [3.8, 4) is 5.75 Å². The van der Waals surface area contributed by atoms with Gasteiger partial charge in [0.1, 0.15) is 5.75 Å². The van der Waals surface area contributed by atoms with Gasteiger partial charge in [0.05, 0.1) is 5.69 Å². The summed E-state index contributed by atoms with van der Waals surface area (Å²) in [6.07, 6.45) is 0.